The fourth-order valence-electron chi connectivity index (χ4n) is 7.08. The van der Waals surface area contributed by atoms with Gasteiger partial charge in [-0.2, -0.15) is 0 Å². The molecule has 3 aromatic carbocycles. The number of fused-ring (bicyclic) bond motifs is 2. The van der Waals surface area contributed by atoms with Gasteiger partial charge in [-0.05, 0) is 35.9 Å². The van der Waals surface area contributed by atoms with Gasteiger partial charge in [-0.15, -0.1) is 11.3 Å². The topological polar surface area (TPSA) is 122 Å². The molecule has 1 spiro atoms. The highest BCUT2D eigenvalue weighted by atomic mass is 32.1. The van der Waals surface area contributed by atoms with Gasteiger partial charge < -0.3 is 29.7 Å². The van der Waals surface area contributed by atoms with Gasteiger partial charge >= 0.3 is 4.87 Å². The van der Waals surface area contributed by atoms with Gasteiger partial charge in [0.1, 0.15) is 17.0 Å². The first kappa shape index (κ1) is 32.7. The van der Waals surface area contributed by atoms with Crippen LogP contribution in [0.2, 0.25) is 0 Å². The third-order valence-electron chi connectivity index (χ3n) is 9.73. The molecule has 2 aliphatic rings. The summed E-state index contributed by atoms with van der Waals surface area (Å²) < 4.78 is 6.95. The van der Waals surface area contributed by atoms with Gasteiger partial charge in [0.2, 0.25) is 0 Å². The van der Waals surface area contributed by atoms with Gasteiger partial charge in [0.15, 0.2) is 0 Å². The minimum Gasteiger partial charge on any atom is -0.506 e. The highest BCUT2D eigenvalue weighted by Gasteiger charge is 2.41. The van der Waals surface area contributed by atoms with Crippen LogP contribution in [0, 0.1) is 0 Å². The van der Waals surface area contributed by atoms with Crippen molar-refractivity contribution in [3.8, 4) is 5.75 Å². The maximum Gasteiger partial charge on any atom is 0.305 e. The third kappa shape index (κ3) is 6.35. The van der Waals surface area contributed by atoms with E-state index in [2.05, 4.69) is 65.1 Å². The molecule has 2 aliphatic heterocycles. The van der Waals surface area contributed by atoms with Crippen molar-refractivity contribution in [1.29, 1.82) is 0 Å². The van der Waals surface area contributed by atoms with E-state index in [1.165, 1.54) is 17.0 Å². The number of aromatic amines is 1. The zero-order chi connectivity index (χ0) is 33.6. The number of aliphatic hydroxyl groups is 1. The lowest BCUT2D eigenvalue weighted by molar-refractivity contribution is -0.128. The Labute approximate surface area is 287 Å². The first-order valence-corrected chi connectivity index (χ1v) is 18.2. The molecule has 2 saturated heterocycles. The summed E-state index contributed by atoms with van der Waals surface area (Å²) in [6.07, 6.45) is 0.861. The van der Waals surface area contributed by atoms with Crippen molar-refractivity contribution < 1.29 is 19.7 Å². The molecular weight excluding hydrogens is 647 g/mol. The molecular formula is C36H41N5O5S2. The lowest BCUT2D eigenvalue weighted by Gasteiger charge is -2.47. The molecule has 48 heavy (non-hydrogen) atoms. The minimum absolute atomic E-state index is 0.00488. The number of thiazole rings is 2. The summed E-state index contributed by atoms with van der Waals surface area (Å²) in [5.74, 6) is 0.306. The standard InChI is InChI=1S/C36H41N5O5S2/c1-22(2)33-37-27(20-47-33)34(44)41-16-17-46-36(21-41)12-14-40(15-13-36)18-23-6-4-8-25-24(23)7-5-9-28(25)39(3)19-30(43)26-10-11-29(42)31-32(26)48-35(45)38-31/h4-11,20,22,30,42-43H,12-19,21H2,1-3H3,(H,38,45)/t30-/m0/s1. The fourth-order valence-corrected chi connectivity index (χ4v) is 8.81. The quantitative estimate of drug-likeness (QED) is 0.190. The number of likely N-dealkylation sites (tertiary alicyclic amines) is 1. The maximum atomic E-state index is 13.3. The Balaban J connectivity index is 1.02. The van der Waals surface area contributed by atoms with Crippen molar-refractivity contribution >= 4 is 55.3 Å². The minimum atomic E-state index is -0.865. The van der Waals surface area contributed by atoms with Crippen molar-refractivity contribution in [3.05, 3.63) is 85.4 Å². The highest BCUT2D eigenvalue weighted by Crippen LogP contribution is 2.36. The van der Waals surface area contributed by atoms with E-state index in [0.29, 0.717) is 53.6 Å². The second kappa shape index (κ2) is 13.2. The summed E-state index contributed by atoms with van der Waals surface area (Å²) in [7, 11) is 1.96. The average Bonchev–Trinajstić information content (AvgIpc) is 3.74. The van der Waals surface area contributed by atoms with Crippen molar-refractivity contribution in [3.63, 3.8) is 0 Å². The molecule has 1 atom stereocenters. The van der Waals surface area contributed by atoms with Crippen LogP contribution in [-0.2, 0) is 11.3 Å². The molecule has 2 aromatic heterocycles. The maximum absolute atomic E-state index is 13.3. The number of morpholine rings is 1. The number of piperidine rings is 1. The number of hydrogen-bond donors (Lipinski definition) is 3. The predicted molar refractivity (Wildman–Crippen MR) is 192 cm³/mol. The summed E-state index contributed by atoms with van der Waals surface area (Å²) in [5, 5.41) is 26.6. The number of likely N-dealkylation sites (N-methyl/N-ethyl adjacent to an activating group) is 1. The number of aliphatic hydroxyl groups excluding tert-OH is 1. The number of phenolic OH excluding ortho intramolecular Hbond substituents is 1. The van der Waals surface area contributed by atoms with E-state index >= 15 is 0 Å². The number of nitrogens with one attached hydrogen (secondary N) is 1. The van der Waals surface area contributed by atoms with Gasteiger partial charge in [0.05, 0.1) is 34.6 Å². The number of carbonyl (C=O) groups excluding carboxylic acids is 1. The Morgan fingerprint density at radius 3 is 2.65 bits per heavy atom. The molecule has 0 radical (unpaired) electrons. The molecule has 10 nitrogen and oxygen atoms in total. The zero-order valence-corrected chi connectivity index (χ0v) is 29.1. The number of phenols is 1. The smallest absolute Gasteiger partial charge is 0.305 e. The Bertz CT molecular complexity index is 2010. The van der Waals surface area contributed by atoms with Gasteiger partial charge in [-0.25, -0.2) is 4.98 Å². The number of nitrogens with zero attached hydrogens (tertiary/aromatic N) is 4. The average molecular weight is 688 g/mol. The van der Waals surface area contributed by atoms with Gasteiger partial charge in [0, 0.05) is 67.7 Å². The lowest BCUT2D eigenvalue weighted by atomic mass is 9.88. The molecule has 3 N–H and O–H groups in total. The van der Waals surface area contributed by atoms with Gasteiger partial charge in [-0.3, -0.25) is 14.5 Å². The normalized spacial score (nSPS) is 17.5. The molecule has 0 unspecified atom stereocenters. The Kier molecular flexibility index (Phi) is 9.03. The molecule has 7 rings (SSSR count). The van der Waals surface area contributed by atoms with Gasteiger partial charge in [0.25, 0.3) is 5.91 Å². The second-order valence-electron chi connectivity index (χ2n) is 13.3. The number of carbonyl (C=O) groups is 1. The van der Waals surface area contributed by atoms with Crippen LogP contribution in [-0.4, -0.2) is 87.9 Å². The van der Waals surface area contributed by atoms with Crippen LogP contribution in [0.5, 0.6) is 5.75 Å². The number of anilines is 1. The molecule has 252 valence electrons. The van der Waals surface area contributed by atoms with Crippen LogP contribution in [0.15, 0.2) is 58.7 Å². The molecule has 0 saturated carbocycles. The molecule has 0 aliphatic carbocycles. The number of aromatic nitrogens is 2. The van der Waals surface area contributed by atoms with E-state index in [1.807, 2.05) is 22.2 Å². The highest BCUT2D eigenvalue weighted by molar-refractivity contribution is 7.16. The van der Waals surface area contributed by atoms with E-state index in [9.17, 15) is 19.8 Å². The number of rotatable bonds is 8. The molecule has 1 amide bonds. The largest absolute Gasteiger partial charge is 0.506 e. The lowest BCUT2D eigenvalue weighted by Crippen LogP contribution is -2.58. The van der Waals surface area contributed by atoms with Crippen LogP contribution in [0.25, 0.3) is 21.0 Å². The first-order chi connectivity index (χ1) is 23.1. The van der Waals surface area contributed by atoms with Crippen LogP contribution in [0.3, 0.4) is 0 Å². The van der Waals surface area contributed by atoms with Crippen LogP contribution >= 0.6 is 22.7 Å². The first-order valence-electron chi connectivity index (χ1n) is 16.5. The fraction of sp³-hybridized carbons (Fsp3) is 0.417. The monoisotopic (exact) mass is 687 g/mol. The van der Waals surface area contributed by atoms with Crippen LogP contribution in [0.4, 0.5) is 5.69 Å². The predicted octanol–water partition coefficient (Wildman–Crippen LogP) is 5.71. The zero-order valence-electron chi connectivity index (χ0n) is 27.4. The van der Waals surface area contributed by atoms with Gasteiger partial charge in [-0.1, -0.05) is 61.6 Å². The van der Waals surface area contributed by atoms with Crippen LogP contribution < -0.4 is 9.77 Å². The molecule has 4 heterocycles. The Hall–Kier alpha value is -3.81. The van der Waals surface area contributed by atoms with E-state index in [1.54, 1.807) is 17.4 Å². The number of aromatic hydroxyl groups is 1. The Morgan fingerprint density at radius 2 is 1.88 bits per heavy atom. The van der Waals surface area contributed by atoms with E-state index in [-0.39, 0.29) is 22.1 Å². The van der Waals surface area contributed by atoms with E-state index in [4.69, 9.17) is 4.74 Å². The number of ether oxygens (including phenoxy) is 1. The summed E-state index contributed by atoms with van der Waals surface area (Å²) in [6, 6.07) is 15.9. The molecule has 0 bridgehead atoms. The number of H-pyrrole nitrogens is 1. The summed E-state index contributed by atoms with van der Waals surface area (Å²) in [6.45, 7) is 8.81. The Morgan fingerprint density at radius 1 is 1.10 bits per heavy atom. The third-order valence-corrected chi connectivity index (χ3v) is 11.8. The van der Waals surface area contributed by atoms with Crippen molar-refractivity contribution in [2.75, 3.05) is 51.3 Å². The van der Waals surface area contributed by atoms with Crippen molar-refractivity contribution in [2.24, 2.45) is 0 Å². The number of hydrogen-bond acceptors (Lipinski definition) is 10. The SMILES string of the molecule is CC(C)c1nc(C(=O)N2CCOC3(CCN(Cc4cccc5c(N(C)C[C@H](O)c6ccc(O)c7[nH]c(=O)sc67)cccc45)CC3)C2)cs1. The van der Waals surface area contributed by atoms with Crippen LogP contribution in [0.1, 0.15) is 65.3 Å². The molecule has 5 aromatic rings. The molecule has 12 heteroatoms. The summed E-state index contributed by atoms with van der Waals surface area (Å²) in [5.41, 5.74) is 3.44. The van der Waals surface area contributed by atoms with E-state index < -0.39 is 6.10 Å². The molecule has 2 fully saturated rings. The number of benzene rings is 3. The van der Waals surface area contributed by atoms with Crippen molar-refractivity contribution in [1.82, 2.24) is 19.8 Å². The van der Waals surface area contributed by atoms with Crippen molar-refractivity contribution in [2.45, 2.75) is 50.9 Å². The van der Waals surface area contributed by atoms with E-state index in [0.717, 1.165) is 59.9 Å². The number of amides is 1. The summed E-state index contributed by atoms with van der Waals surface area (Å²) in [4.78, 5) is 38.8. The second-order valence-corrected chi connectivity index (χ2v) is 15.2. The summed E-state index contributed by atoms with van der Waals surface area (Å²) >= 11 is 2.55.